The second-order valence-corrected chi connectivity index (χ2v) is 4.30. The second-order valence-electron chi connectivity index (χ2n) is 3.41. The molecule has 1 saturated carbocycles. The molecule has 1 fully saturated rings. The van der Waals surface area contributed by atoms with E-state index in [4.69, 9.17) is 0 Å². The highest BCUT2D eigenvalue weighted by atomic mass is 32.1. The molecule has 0 amide bonds. The largest absolute Gasteiger partial charge is 0.383 e. The standard InChI is InChI=1S/C9H11NO2S/c11-7-1-3-9(12,4-2-7)8-10-5-6-13-8/h5-6,12H,1-4H2. The van der Waals surface area contributed by atoms with Crippen molar-refractivity contribution in [2.75, 3.05) is 0 Å². The SMILES string of the molecule is O=C1CCC(O)(c2nccs2)CC1. The number of aromatic nitrogens is 1. The summed E-state index contributed by atoms with van der Waals surface area (Å²) in [4.78, 5) is 15.1. The third kappa shape index (κ3) is 1.64. The first-order valence-electron chi connectivity index (χ1n) is 4.35. The van der Waals surface area contributed by atoms with Gasteiger partial charge in [-0.15, -0.1) is 11.3 Å². The van der Waals surface area contributed by atoms with Crippen molar-refractivity contribution in [1.82, 2.24) is 4.98 Å². The number of thiazole rings is 1. The van der Waals surface area contributed by atoms with Gasteiger partial charge in [0.15, 0.2) is 0 Å². The molecule has 0 aliphatic heterocycles. The Balaban J connectivity index is 2.18. The first-order valence-corrected chi connectivity index (χ1v) is 5.23. The summed E-state index contributed by atoms with van der Waals surface area (Å²) in [5.41, 5.74) is -0.831. The van der Waals surface area contributed by atoms with E-state index in [9.17, 15) is 9.90 Å². The summed E-state index contributed by atoms with van der Waals surface area (Å²) < 4.78 is 0. The number of nitrogens with zero attached hydrogens (tertiary/aromatic N) is 1. The summed E-state index contributed by atoms with van der Waals surface area (Å²) in [7, 11) is 0. The molecule has 0 atom stereocenters. The average Bonchev–Trinajstić information content (AvgIpc) is 2.63. The van der Waals surface area contributed by atoms with Crippen molar-refractivity contribution in [3.63, 3.8) is 0 Å². The predicted octanol–water partition coefficient (Wildman–Crippen LogP) is 1.47. The smallest absolute Gasteiger partial charge is 0.133 e. The van der Waals surface area contributed by atoms with Gasteiger partial charge >= 0.3 is 0 Å². The molecule has 0 saturated heterocycles. The van der Waals surface area contributed by atoms with E-state index in [1.54, 1.807) is 6.20 Å². The molecule has 1 aliphatic carbocycles. The molecule has 4 heteroatoms. The number of carbonyl (C=O) groups excluding carboxylic acids is 1. The van der Waals surface area contributed by atoms with Crippen LogP contribution >= 0.6 is 11.3 Å². The van der Waals surface area contributed by atoms with Crippen LogP contribution in [-0.4, -0.2) is 15.9 Å². The number of rotatable bonds is 1. The van der Waals surface area contributed by atoms with Crippen LogP contribution in [0.1, 0.15) is 30.7 Å². The number of hydrogen-bond acceptors (Lipinski definition) is 4. The van der Waals surface area contributed by atoms with Crippen molar-refractivity contribution < 1.29 is 9.90 Å². The molecule has 70 valence electrons. The molecule has 1 aliphatic rings. The van der Waals surface area contributed by atoms with Crippen molar-refractivity contribution in [2.45, 2.75) is 31.3 Å². The van der Waals surface area contributed by atoms with Crippen LogP contribution in [0.25, 0.3) is 0 Å². The predicted molar refractivity (Wildman–Crippen MR) is 49.5 cm³/mol. The molecule has 0 radical (unpaired) electrons. The summed E-state index contributed by atoms with van der Waals surface area (Å²) in [6.45, 7) is 0. The maximum absolute atomic E-state index is 11.0. The van der Waals surface area contributed by atoms with Crippen LogP contribution in [0.5, 0.6) is 0 Å². The average molecular weight is 197 g/mol. The third-order valence-electron chi connectivity index (χ3n) is 2.47. The normalized spacial score (nSPS) is 21.8. The van der Waals surface area contributed by atoms with Gasteiger partial charge in [-0.25, -0.2) is 4.98 Å². The van der Waals surface area contributed by atoms with Crippen LogP contribution < -0.4 is 0 Å². The van der Waals surface area contributed by atoms with Crippen LogP contribution in [-0.2, 0) is 10.4 Å². The molecule has 0 unspecified atom stereocenters. The molecule has 1 heterocycles. The Morgan fingerprint density at radius 1 is 1.46 bits per heavy atom. The summed E-state index contributed by atoms with van der Waals surface area (Å²) in [6.07, 6.45) is 3.71. The van der Waals surface area contributed by atoms with E-state index in [0.717, 1.165) is 5.01 Å². The molecule has 0 spiro atoms. The summed E-state index contributed by atoms with van der Waals surface area (Å²) in [5.74, 6) is 0.251. The molecular formula is C9H11NO2S. The van der Waals surface area contributed by atoms with Crippen LogP contribution in [0, 0.1) is 0 Å². The summed E-state index contributed by atoms with van der Waals surface area (Å²) in [5, 5.41) is 12.7. The van der Waals surface area contributed by atoms with Gasteiger partial charge < -0.3 is 5.11 Å². The van der Waals surface area contributed by atoms with Gasteiger partial charge in [0, 0.05) is 24.4 Å². The summed E-state index contributed by atoms with van der Waals surface area (Å²) >= 11 is 1.46. The Morgan fingerprint density at radius 3 is 2.69 bits per heavy atom. The highest BCUT2D eigenvalue weighted by Crippen LogP contribution is 2.36. The number of carbonyl (C=O) groups is 1. The molecule has 0 aromatic carbocycles. The van der Waals surface area contributed by atoms with E-state index in [-0.39, 0.29) is 5.78 Å². The van der Waals surface area contributed by atoms with Gasteiger partial charge in [0.2, 0.25) is 0 Å². The fourth-order valence-corrected chi connectivity index (χ4v) is 2.41. The molecule has 13 heavy (non-hydrogen) atoms. The zero-order valence-electron chi connectivity index (χ0n) is 7.19. The van der Waals surface area contributed by atoms with E-state index in [1.165, 1.54) is 11.3 Å². The van der Waals surface area contributed by atoms with Crippen LogP contribution in [0.15, 0.2) is 11.6 Å². The maximum Gasteiger partial charge on any atom is 0.133 e. The van der Waals surface area contributed by atoms with Gasteiger partial charge in [0.1, 0.15) is 16.4 Å². The van der Waals surface area contributed by atoms with Gasteiger partial charge in [0.05, 0.1) is 0 Å². The van der Waals surface area contributed by atoms with Crippen molar-refractivity contribution in [2.24, 2.45) is 0 Å². The molecule has 1 aromatic rings. The lowest BCUT2D eigenvalue weighted by atomic mass is 9.85. The van der Waals surface area contributed by atoms with Crippen molar-refractivity contribution in [3.8, 4) is 0 Å². The zero-order valence-corrected chi connectivity index (χ0v) is 8.01. The van der Waals surface area contributed by atoms with E-state index in [0.29, 0.717) is 25.7 Å². The minimum absolute atomic E-state index is 0.251. The topological polar surface area (TPSA) is 50.2 Å². The molecule has 0 bridgehead atoms. The number of Topliss-reactive ketones (excluding diaryl/α,β-unsaturated/α-hetero) is 1. The maximum atomic E-state index is 11.0. The Labute approximate surface area is 80.4 Å². The Bertz CT molecular complexity index is 297. The van der Waals surface area contributed by atoms with Crippen LogP contribution in [0.4, 0.5) is 0 Å². The van der Waals surface area contributed by atoms with Crippen molar-refractivity contribution in [3.05, 3.63) is 16.6 Å². The highest BCUT2D eigenvalue weighted by Gasteiger charge is 2.35. The lowest BCUT2D eigenvalue weighted by Crippen LogP contribution is -2.31. The third-order valence-corrected chi connectivity index (χ3v) is 3.43. The zero-order chi connectivity index (χ0) is 9.31. The fraction of sp³-hybridized carbons (Fsp3) is 0.556. The highest BCUT2D eigenvalue weighted by molar-refractivity contribution is 7.09. The van der Waals surface area contributed by atoms with E-state index in [2.05, 4.69) is 4.98 Å². The molecule has 1 N–H and O–H groups in total. The second kappa shape index (κ2) is 3.20. The lowest BCUT2D eigenvalue weighted by Gasteiger charge is -2.29. The lowest BCUT2D eigenvalue weighted by molar-refractivity contribution is -0.125. The van der Waals surface area contributed by atoms with Crippen molar-refractivity contribution in [1.29, 1.82) is 0 Å². The molecule has 1 aromatic heterocycles. The number of ketones is 1. The summed E-state index contributed by atoms with van der Waals surface area (Å²) in [6, 6.07) is 0. The minimum Gasteiger partial charge on any atom is -0.383 e. The van der Waals surface area contributed by atoms with E-state index < -0.39 is 5.60 Å². The van der Waals surface area contributed by atoms with Gasteiger partial charge in [0.25, 0.3) is 0 Å². The quantitative estimate of drug-likeness (QED) is 0.741. The Hall–Kier alpha value is -0.740. The minimum atomic E-state index is -0.831. The van der Waals surface area contributed by atoms with Gasteiger partial charge in [-0.2, -0.15) is 0 Å². The molecule has 3 nitrogen and oxygen atoms in total. The molecular weight excluding hydrogens is 186 g/mol. The fourth-order valence-electron chi connectivity index (χ4n) is 1.61. The van der Waals surface area contributed by atoms with Gasteiger partial charge in [-0.05, 0) is 12.8 Å². The van der Waals surface area contributed by atoms with E-state index >= 15 is 0 Å². The first-order chi connectivity index (χ1) is 6.21. The first kappa shape index (κ1) is 8.84. The molecule has 2 rings (SSSR count). The Kier molecular flexibility index (Phi) is 2.17. The van der Waals surface area contributed by atoms with Crippen molar-refractivity contribution >= 4 is 17.1 Å². The van der Waals surface area contributed by atoms with E-state index in [1.807, 2.05) is 5.38 Å². The monoisotopic (exact) mass is 197 g/mol. The Morgan fingerprint density at radius 2 is 2.15 bits per heavy atom. The number of hydrogen-bond donors (Lipinski definition) is 1. The van der Waals surface area contributed by atoms with Crippen LogP contribution in [0.2, 0.25) is 0 Å². The van der Waals surface area contributed by atoms with Gasteiger partial charge in [-0.3, -0.25) is 4.79 Å². The van der Waals surface area contributed by atoms with Gasteiger partial charge in [-0.1, -0.05) is 0 Å². The number of aliphatic hydroxyl groups is 1. The van der Waals surface area contributed by atoms with Crippen LogP contribution in [0.3, 0.4) is 0 Å².